The molecule has 0 saturated heterocycles. The molecular formula is C8H10N4O2. The Kier molecular flexibility index (Phi) is 2.28. The molecule has 6 heteroatoms. The second-order valence-corrected chi connectivity index (χ2v) is 3.06. The molecule has 0 radical (unpaired) electrons. The van der Waals surface area contributed by atoms with E-state index in [1.807, 2.05) is 6.08 Å². The van der Waals surface area contributed by atoms with Gasteiger partial charge in [0.15, 0.2) is 0 Å². The van der Waals surface area contributed by atoms with Gasteiger partial charge in [-0.05, 0) is 17.9 Å². The third-order valence-corrected chi connectivity index (χ3v) is 2.13. The Morgan fingerprint density at radius 3 is 3.00 bits per heavy atom. The van der Waals surface area contributed by atoms with Crippen LogP contribution in [0.2, 0.25) is 0 Å². The summed E-state index contributed by atoms with van der Waals surface area (Å²) in [6.07, 6.45) is 4.09. The van der Waals surface area contributed by atoms with E-state index >= 15 is 0 Å². The Morgan fingerprint density at radius 1 is 1.57 bits per heavy atom. The number of rotatable bonds is 2. The normalized spacial score (nSPS) is 16.4. The van der Waals surface area contributed by atoms with Crippen LogP contribution < -0.4 is 5.32 Å². The minimum absolute atomic E-state index is 0.0561. The maximum atomic E-state index is 10.4. The highest BCUT2D eigenvalue weighted by atomic mass is 16.6. The van der Waals surface area contributed by atoms with E-state index in [0.717, 1.165) is 25.1 Å². The molecule has 0 amide bonds. The quantitative estimate of drug-likeness (QED) is 0.536. The summed E-state index contributed by atoms with van der Waals surface area (Å²) in [5.41, 5.74) is 1.04. The maximum absolute atomic E-state index is 10.4. The molecular weight excluding hydrogens is 184 g/mol. The van der Waals surface area contributed by atoms with Gasteiger partial charge in [-0.2, -0.15) is 0 Å². The Bertz CT molecular complexity index is 382. The SMILES string of the molecule is O=[N+]([O-])c1cnc(C2=CCNCC2)[nH]1. The van der Waals surface area contributed by atoms with Gasteiger partial charge in [0.25, 0.3) is 0 Å². The van der Waals surface area contributed by atoms with Gasteiger partial charge >= 0.3 is 5.82 Å². The molecule has 6 nitrogen and oxygen atoms in total. The van der Waals surface area contributed by atoms with Crippen LogP contribution in [-0.2, 0) is 0 Å². The predicted molar refractivity (Wildman–Crippen MR) is 50.7 cm³/mol. The van der Waals surface area contributed by atoms with Gasteiger partial charge in [0, 0.05) is 12.1 Å². The Labute approximate surface area is 80.2 Å². The third kappa shape index (κ3) is 1.64. The molecule has 0 saturated carbocycles. The zero-order valence-electron chi connectivity index (χ0n) is 7.49. The maximum Gasteiger partial charge on any atom is 0.340 e. The summed E-state index contributed by atoms with van der Waals surface area (Å²) in [5, 5.41) is 13.6. The average molecular weight is 194 g/mol. The van der Waals surface area contributed by atoms with Gasteiger partial charge in [-0.15, -0.1) is 0 Å². The molecule has 0 aromatic carbocycles. The van der Waals surface area contributed by atoms with Crippen LogP contribution in [0.25, 0.3) is 5.57 Å². The number of hydrogen-bond donors (Lipinski definition) is 2. The van der Waals surface area contributed by atoms with E-state index in [4.69, 9.17) is 0 Å². The summed E-state index contributed by atoms with van der Waals surface area (Å²) in [4.78, 5) is 16.6. The van der Waals surface area contributed by atoms with Crippen LogP contribution in [0.4, 0.5) is 5.82 Å². The van der Waals surface area contributed by atoms with Crippen LogP contribution in [0, 0.1) is 10.1 Å². The van der Waals surface area contributed by atoms with E-state index in [-0.39, 0.29) is 5.82 Å². The lowest BCUT2D eigenvalue weighted by molar-refractivity contribution is -0.389. The molecule has 0 unspecified atom stereocenters. The largest absolute Gasteiger partial charge is 0.358 e. The van der Waals surface area contributed by atoms with Gasteiger partial charge in [0.05, 0.1) is 0 Å². The number of nitrogens with one attached hydrogen (secondary N) is 2. The lowest BCUT2D eigenvalue weighted by Crippen LogP contribution is -2.20. The Hall–Kier alpha value is -1.69. The van der Waals surface area contributed by atoms with E-state index in [1.54, 1.807) is 0 Å². The molecule has 2 heterocycles. The minimum atomic E-state index is -0.474. The van der Waals surface area contributed by atoms with Crippen molar-refractivity contribution in [3.05, 3.63) is 28.2 Å². The van der Waals surface area contributed by atoms with Crippen molar-refractivity contribution in [2.75, 3.05) is 13.1 Å². The smallest absolute Gasteiger partial charge is 0.340 e. The number of H-pyrrole nitrogens is 1. The first-order valence-electron chi connectivity index (χ1n) is 4.37. The Morgan fingerprint density at radius 2 is 2.43 bits per heavy atom. The standard InChI is InChI=1S/C8H10N4O2/c13-12(14)7-5-10-8(11-7)6-1-3-9-4-2-6/h1,5,9H,2-4H2,(H,10,11). The molecule has 1 aromatic rings. The summed E-state index contributed by atoms with van der Waals surface area (Å²) >= 11 is 0. The van der Waals surface area contributed by atoms with Crippen LogP contribution in [0.5, 0.6) is 0 Å². The van der Waals surface area contributed by atoms with Crippen molar-refractivity contribution < 1.29 is 4.92 Å². The van der Waals surface area contributed by atoms with Crippen molar-refractivity contribution in [2.24, 2.45) is 0 Å². The Balaban J connectivity index is 2.23. The fourth-order valence-electron chi connectivity index (χ4n) is 1.41. The average Bonchev–Trinajstić information content (AvgIpc) is 2.68. The highest BCUT2D eigenvalue weighted by Crippen LogP contribution is 2.18. The van der Waals surface area contributed by atoms with Gasteiger partial charge in [-0.3, -0.25) is 0 Å². The summed E-state index contributed by atoms with van der Waals surface area (Å²) in [5.74, 6) is 0.553. The van der Waals surface area contributed by atoms with E-state index in [2.05, 4.69) is 15.3 Å². The second kappa shape index (κ2) is 3.59. The van der Waals surface area contributed by atoms with Crippen molar-refractivity contribution in [1.29, 1.82) is 0 Å². The predicted octanol–water partition coefficient (Wildman–Crippen LogP) is 0.695. The van der Waals surface area contributed by atoms with Crippen molar-refractivity contribution in [3.63, 3.8) is 0 Å². The zero-order valence-corrected chi connectivity index (χ0v) is 7.49. The fourth-order valence-corrected chi connectivity index (χ4v) is 1.41. The molecule has 2 N–H and O–H groups in total. The number of nitrogens with zero attached hydrogens (tertiary/aromatic N) is 2. The molecule has 0 fully saturated rings. The van der Waals surface area contributed by atoms with Crippen molar-refractivity contribution in [3.8, 4) is 0 Å². The molecule has 74 valence electrons. The summed E-state index contributed by atoms with van der Waals surface area (Å²) in [7, 11) is 0. The first-order chi connectivity index (χ1) is 6.77. The van der Waals surface area contributed by atoms with Gasteiger partial charge in [-0.25, -0.2) is 9.97 Å². The van der Waals surface area contributed by atoms with Crippen LogP contribution in [0.1, 0.15) is 12.2 Å². The molecule has 0 atom stereocenters. The van der Waals surface area contributed by atoms with E-state index in [1.165, 1.54) is 6.20 Å². The summed E-state index contributed by atoms with van der Waals surface area (Å²) in [6, 6.07) is 0. The molecule has 1 aromatic heterocycles. The van der Waals surface area contributed by atoms with Crippen molar-refractivity contribution in [2.45, 2.75) is 6.42 Å². The minimum Gasteiger partial charge on any atom is -0.358 e. The van der Waals surface area contributed by atoms with Crippen LogP contribution >= 0.6 is 0 Å². The second-order valence-electron chi connectivity index (χ2n) is 3.06. The highest BCUT2D eigenvalue weighted by molar-refractivity contribution is 5.61. The van der Waals surface area contributed by atoms with Crippen LogP contribution in [-0.4, -0.2) is 28.0 Å². The fraction of sp³-hybridized carbons (Fsp3) is 0.375. The van der Waals surface area contributed by atoms with Crippen molar-refractivity contribution in [1.82, 2.24) is 15.3 Å². The van der Waals surface area contributed by atoms with E-state index < -0.39 is 4.92 Å². The lowest BCUT2D eigenvalue weighted by atomic mass is 10.1. The van der Waals surface area contributed by atoms with E-state index in [0.29, 0.717) is 5.82 Å². The van der Waals surface area contributed by atoms with E-state index in [9.17, 15) is 10.1 Å². The van der Waals surface area contributed by atoms with Gasteiger partial charge in [0.2, 0.25) is 5.82 Å². The molecule has 1 aliphatic rings. The van der Waals surface area contributed by atoms with Crippen LogP contribution in [0.15, 0.2) is 12.3 Å². The highest BCUT2D eigenvalue weighted by Gasteiger charge is 2.15. The summed E-state index contributed by atoms with van der Waals surface area (Å²) in [6.45, 7) is 1.68. The zero-order chi connectivity index (χ0) is 9.97. The van der Waals surface area contributed by atoms with Crippen molar-refractivity contribution >= 4 is 11.4 Å². The molecule has 0 bridgehead atoms. The number of nitro groups is 1. The number of aromatic nitrogens is 2. The van der Waals surface area contributed by atoms with Crippen LogP contribution in [0.3, 0.4) is 0 Å². The summed E-state index contributed by atoms with van der Waals surface area (Å²) < 4.78 is 0. The number of hydrogen-bond acceptors (Lipinski definition) is 4. The van der Waals surface area contributed by atoms with Gasteiger partial charge < -0.3 is 15.4 Å². The monoisotopic (exact) mass is 194 g/mol. The van der Waals surface area contributed by atoms with Gasteiger partial charge in [-0.1, -0.05) is 6.08 Å². The molecule has 2 rings (SSSR count). The molecule has 14 heavy (non-hydrogen) atoms. The molecule has 0 aliphatic carbocycles. The number of aromatic amines is 1. The number of imidazole rings is 1. The topological polar surface area (TPSA) is 83.8 Å². The molecule has 1 aliphatic heterocycles. The third-order valence-electron chi connectivity index (χ3n) is 2.13. The van der Waals surface area contributed by atoms with Gasteiger partial charge in [0.1, 0.15) is 6.20 Å². The first-order valence-corrected chi connectivity index (χ1v) is 4.37. The lowest BCUT2D eigenvalue weighted by Gasteiger charge is -2.09. The first kappa shape index (κ1) is 8.89. The molecule has 0 spiro atoms.